The first-order valence-electron chi connectivity index (χ1n) is 6.63. The van der Waals surface area contributed by atoms with Crippen LogP contribution < -0.4 is 5.32 Å². The van der Waals surface area contributed by atoms with E-state index in [0.717, 1.165) is 31.9 Å². The van der Waals surface area contributed by atoms with Crippen LogP contribution in [0.5, 0.6) is 0 Å². The number of hydrogen-bond donors (Lipinski definition) is 1. The molecule has 5 heteroatoms. The molecule has 1 aliphatic rings. The maximum atomic E-state index is 14.5. The lowest BCUT2D eigenvalue weighted by molar-refractivity contribution is 0.185. The summed E-state index contributed by atoms with van der Waals surface area (Å²) in [6.45, 7) is 11.5. The number of likely N-dealkylation sites (N-methyl/N-ethyl adjacent to an activating group) is 2. The molecule has 0 amide bonds. The minimum Gasteiger partial charge on any atom is -0.367 e. The zero-order valence-electron chi connectivity index (χ0n) is 12.5. The highest BCUT2D eigenvalue weighted by molar-refractivity contribution is 5.80. The fourth-order valence-electron chi connectivity index (χ4n) is 1.99. The van der Waals surface area contributed by atoms with Gasteiger partial charge in [-0.3, -0.25) is 4.99 Å². The van der Waals surface area contributed by atoms with Crippen molar-refractivity contribution in [2.45, 2.75) is 13.8 Å². The molecular formula is C14H25FN4. The minimum absolute atomic E-state index is 0.305. The lowest BCUT2D eigenvalue weighted by Gasteiger charge is -2.34. The predicted molar refractivity (Wildman–Crippen MR) is 79.1 cm³/mol. The number of piperazine rings is 1. The van der Waals surface area contributed by atoms with E-state index in [0.29, 0.717) is 17.9 Å². The second-order valence-corrected chi connectivity index (χ2v) is 5.09. The highest BCUT2D eigenvalue weighted by atomic mass is 19.1. The third kappa shape index (κ3) is 4.76. The van der Waals surface area contributed by atoms with Crippen LogP contribution in [0.3, 0.4) is 0 Å². The molecule has 0 bridgehead atoms. The van der Waals surface area contributed by atoms with Gasteiger partial charge in [0.15, 0.2) is 5.83 Å². The fourth-order valence-corrected chi connectivity index (χ4v) is 1.99. The van der Waals surface area contributed by atoms with E-state index in [1.165, 1.54) is 0 Å². The van der Waals surface area contributed by atoms with Gasteiger partial charge in [0.05, 0.1) is 11.4 Å². The van der Waals surface area contributed by atoms with E-state index in [1.54, 1.807) is 7.05 Å². The number of rotatable bonds is 5. The third-order valence-electron chi connectivity index (χ3n) is 3.09. The molecule has 0 saturated carbocycles. The van der Waals surface area contributed by atoms with E-state index in [2.05, 4.69) is 28.8 Å². The van der Waals surface area contributed by atoms with Crippen LogP contribution in [0, 0.1) is 0 Å². The van der Waals surface area contributed by atoms with Gasteiger partial charge in [-0.2, -0.15) is 0 Å². The maximum absolute atomic E-state index is 14.5. The first kappa shape index (κ1) is 15.9. The van der Waals surface area contributed by atoms with Gasteiger partial charge in [0.2, 0.25) is 0 Å². The number of nitrogens with one attached hydrogen (secondary N) is 1. The zero-order valence-corrected chi connectivity index (χ0v) is 12.5. The topological polar surface area (TPSA) is 30.9 Å². The van der Waals surface area contributed by atoms with Crippen LogP contribution in [0.1, 0.15) is 13.8 Å². The van der Waals surface area contributed by atoms with Gasteiger partial charge in [0.1, 0.15) is 0 Å². The molecule has 4 nitrogen and oxygen atoms in total. The third-order valence-corrected chi connectivity index (χ3v) is 3.09. The van der Waals surface area contributed by atoms with Crippen molar-refractivity contribution in [1.82, 2.24) is 15.1 Å². The van der Waals surface area contributed by atoms with Gasteiger partial charge >= 0.3 is 0 Å². The highest BCUT2D eigenvalue weighted by Crippen LogP contribution is 2.21. The average molecular weight is 268 g/mol. The van der Waals surface area contributed by atoms with Crippen LogP contribution in [0.15, 0.2) is 28.8 Å². The number of aliphatic imine (C=N–C) groups is 1. The lowest BCUT2D eigenvalue weighted by atomic mass is 10.2. The van der Waals surface area contributed by atoms with Gasteiger partial charge in [-0.05, 0) is 27.9 Å². The summed E-state index contributed by atoms with van der Waals surface area (Å²) in [4.78, 5) is 8.48. The molecule has 0 radical (unpaired) electrons. The Morgan fingerprint density at radius 2 is 1.84 bits per heavy atom. The van der Waals surface area contributed by atoms with Crippen molar-refractivity contribution in [3.63, 3.8) is 0 Å². The van der Waals surface area contributed by atoms with Crippen LogP contribution in [0.2, 0.25) is 0 Å². The number of nitrogens with zero attached hydrogens (tertiary/aromatic N) is 3. The van der Waals surface area contributed by atoms with Crippen LogP contribution in [-0.4, -0.2) is 62.3 Å². The number of halogens is 1. The first-order valence-corrected chi connectivity index (χ1v) is 6.63. The monoisotopic (exact) mass is 268 g/mol. The lowest BCUT2D eigenvalue weighted by Crippen LogP contribution is -2.43. The van der Waals surface area contributed by atoms with Crippen LogP contribution in [-0.2, 0) is 0 Å². The first-order chi connectivity index (χ1) is 8.95. The van der Waals surface area contributed by atoms with Gasteiger partial charge in [-0.25, -0.2) is 4.39 Å². The van der Waals surface area contributed by atoms with E-state index in [9.17, 15) is 4.39 Å². The van der Waals surface area contributed by atoms with Crippen molar-refractivity contribution < 1.29 is 4.39 Å². The normalized spacial score (nSPS) is 18.1. The predicted octanol–water partition coefficient (Wildman–Crippen LogP) is 1.63. The molecule has 0 aromatic rings. The fraction of sp³-hybridized carbons (Fsp3) is 0.643. The SMILES string of the molecule is C=C(/C(F)=C(/CNC)N=C(C)C)N1CCN(C)CC1. The van der Waals surface area contributed by atoms with Crippen molar-refractivity contribution >= 4 is 5.71 Å². The second kappa shape index (κ2) is 7.40. The molecule has 0 atom stereocenters. The van der Waals surface area contributed by atoms with Crippen molar-refractivity contribution in [2.75, 3.05) is 46.8 Å². The Balaban J connectivity index is 2.84. The van der Waals surface area contributed by atoms with Crippen molar-refractivity contribution in [3.8, 4) is 0 Å². The van der Waals surface area contributed by atoms with Gasteiger partial charge in [-0.1, -0.05) is 6.58 Å². The highest BCUT2D eigenvalue weighted by Gasteiger charge is 2.19. The molecule has 1 rings (SSSR count). The quantitative estimate of drug-likeness (QED) is 0.607. The Kier molecular flexibility index (Phi) is 6.18. The average Bonchev–Trinajstić information content (AvgIpc) is 2.37. The van der Waals surface area contributed by atoms with Gasteiger partial charge < -0.3 is 15.1 Å². The standard InChI is InChI=1S/C14H25FN4/c1-11(2)17-13(10-16-4)14(15)12(3)19-8-6-18(5)7-9-19/h16H,3,6-10H2,1-2,4-5H3/b14-13+. The molecule has 108 valence electrons. The summed E-state index contributed by atoms with van der Waals surface area (Å²) < 4.78 is 14.5. The van der Waals surface area contributed by atoms with E-state index in [1.807, 2.05) is 18.7 Å². The van der Waals surface area contributed by atoms with Crippen LogP contribution in [0.4, 0.5) is 4.39 Å². The summed E-state index contributed by atoms with van der Waals surface area (Å²) in [7, 11) is 3.86. The van der Waals surface area contributed by atoms with E-state index in [-0.39, 0.29) is 5.83 Å². The summed E-state index contributed by atoms with van der Waals surface area (Å²) in [6.07, 6.45) is 0. The summed E-state index contributed by atoms with van der Waals surface area (Å²) in [5, 5.41) is 2.95. The Morgan fingerprint density at radius 3 is 2.32 bits per heavy atom. The Morgan fingerprint density at radius 1 is 1.26 bits per heavy atom. The molecule has 19 heavy (non-hydrogen) atoms. The van der Waals surface area contributed by atoms with Crippen LogP contribution >= 0.6 is 0 Å². The van der Waals surface area contributed by atoms with E-state index in [4.69, 9.17) is 0 Å². The molecule has 1 aliphatic heterocycles. The van der Waals surface area contributed by atoms with E-state index < -0.39 is 0 Å². The number of allylic oxidation sites excluding steroid dienone is 1. The molecule has 0 aromatic heterocycles. The molecule has 1 N–H and O–H groups in total. The van der Waals surface area contributed by atoms with Crippen molar-refractivity contribution in [2.24, 2.45) is 4.99 Å². The maximum Gasteiger partial charge on any atom is 0.168 e. The van der Waals surface area contributed by atoms with Gasteiger partial charge in [0.25, 0.3) is 0 Å². The Bertz CT molecular complexity index is 375. The van der Waals surface area contributed by atoms with Crippen LogP contribution in [0.25, 0.3) is 0 Å². The minimum atomic E-state index is -0.305. The number of hydrogen-bond acceptors (Lipinski definition) is 4. The second-order valence-electron chi connectivity index (χ2n) is 5.09. The largest absolute Gasteiger partial charge is 0.367 e. The molecule has 1 saturated heterocycles. The zero-order chi connectivity index (χ0) is 14.4. The van der Waals surface area contributed by atoms with Crippen molar-refractivity contribution in [3.05, 3.63) is 23.8 Å². The van der Waals surface area contributed by atoms with Crippen molar-refractivity contribution in [1.29, 1.82) is 0 Å². The van der Waals surface area contributed by atoms with Gasteiger partial charge in [-0.15, -0.1) is 0 Å². The summed E-state index contributed by atoms with van der Waals surface area (Å²) >= 11 is 0. The van der Waals surface area contributed by atoms with E-state index >= 15 is 0 Å². The molecule has 0 spiro atoms. The molecule has 1 fully saturated rings. The molecule has 1 heterocycles. The summed E-state index contributed by atoms with van der Waals surface area (Å²) in [5.41, 5.74) is 1.71. The summed E-state index contributed by atoms with van der Waals surface area (Å²) in [6, 6.07) is 0. The molecular weight excluding hydrogens is 243 g/mol. The Labute approximate surface area is 115 Å². The van der Waals surface area contributed by atoms with Gasteiger partial charge in [0, 0.05) is 38.4 Å². The summed E-state index contributed by atoms with van der Waals surface area (Å²) in [5.74, 6) is -0.305. The Hall–Kier alpha value is -1.20. The molecule has 0 aromatic carbocycles. The molecule has 0 unspecified atom stereocenters. The smallest absolute Gasteiger partial charge is 0.168 e. The molecule has 0 aliphatic carbocycles.